The molecule has 0 aromatic heterocycles. The number of carbonyl (C=O) groups excluding carboxylic acids is 1. The van der Waals surface area contributed by atoms with E-state index in [9.17, 15) is 4.79 Å². The van der Waals surface area contributed by atoms with Crippen LogP contribution < -0.4 is 15.8 Å². The van der Waals surface area contributed by atoms with Gasteiger partial charge in [0.05, 0.1) is 13.0 Å². The van der Waals surface area contributed by atoms with Gasteiger partial charge in [-0.1, -0.05) is 26.7 Å². The lowest BCUT2D eigenvalue weighted by molar-refractivity contribution is -0.121. The Balaban J connectivity index is 2.18. The lowest BCUT2D eigenvalue weighted by Crippen LogP contribution is -2.29. The molecule has 1 rings (SSSR count). The summed E-state index contributed by atoms with van der Waals surface area (Å²) in [6, 6.07) is 7.17. The summed E-state index contributed by atoms with van der Waals surface area (Å²) >= 11 is 0. The molecule has 0 aliphatic carbocycles. The maximum atomic E-state index is 11.6. The Morgan fingerprint density at radius 2 is 1.89 bits per heavy atom. The van der Waals surface area contributed by atoms with E-state index in [-0.39, 0.29) is 5.91 Å². The van der Waals surface area contributed by atoms with Gasteiger partial charge in [0.2, 0.25) is 5.91 Å². The molecule has 0 aliphatic rings. The SMILES string of the molecule is CCC(CC)CNC(=O)CCOc1ccc(N)cc1. The van der Waals surface area contributed by atoms with E-state index >= 15 is 0 Å². The van der Waals surface area contributed by atoms with E-state index in [4.69, 9.17) is 10.5 Å². The van der Waals surface area contributed by atoms with E-state index in [0.29, 0.717) is 24.6 Å². The van der Waals surface area contributed by atoms with Gasteiger partial charge in [-0.05, 0) is 30.2 Å². The fraction of sp³-hybridized carbons (Fsp3) is 0.533. The molecule has 0 heterocycles. The fourth-order valence-corrected chi connectivity index (χ4v) is 1.75. The number of carbonyl (C=O) groups is 1. The van der Waals surface area contributed by atoms with Crippen molar-refractivity contribution in [2.45, 2.75) is 33.1 Å². The van der Waals surface area contributed by atoms with Crippen molar-refractivity contribution < 1.29 is 9.53 Å². The second-order valence-electron chi connectivity index (χ2n) is 4.65. The molecular formula is C15H24N2O2. The molecule has 0 atom stereocenters. The number of hydrogen-bond donors (Lipinski definition) is 2. The summed E-state index contributed by atoms with van der Waals surface area (Å²) in [7, 11) is 0. The highest BCUT2D eigenvalue weighted by Gasteiger charge is 2.06. The van der Waals surface area contributed by atoms with Gasteiger partial charge < -0.3 is 15.8 Å². The topological polar surface area (TPSA) is 64.3 Å². The smallest absolute Gasteiger partial charge is 0.223 e. The van der Waals surface area contributed by atoms with Crippen molar-refractivity contribution in [2.75, 3.05) is 18.9 Å². The summed E-state index contributed by atoms with van der Waals surface area (Å²) in [4.78, 5) is 11.6. The molecule has 1 aromatic carbocycles. The number of hydrogen-bond acceptors (Lipinski definition) is 3. The Bertz CT molecular complexity index is 372. The van der Waals surface area contributed by atoms with Gasteiger partial charge in [-0.25, -0.2) is 0 Å². The zero-order chi connectivity index (χ0) is 14.1. The molecule has 1 amide bonds. The molecule has 0 unspecified atom stereocenters. The highest BCUT2D eigenvalue weighted by atomic mass is 16.5. The van der Waals surface area contributed by atoms with Gasteiger partial charge in [0.1, 0.15) is 5.75 Å². The van der Waals surface area contributed by atoms with Crippen LogP contribution in [0.4, 0.5) is 5.69 Å². The third-order valence-corrected chi connectivity index (χ3v) is 3.22. The van der Waals surface area contributed by atoms with Crippen molar-refractivity contribution in [1.82, 2.24) is 5.32 Å². The first kappa shape index (κ1) is 15.3. The first-order valence-corrected chi connectivity index (χ1v) is 6.90. The van der Waals surface area contributed by atoms with Crippen LogP contribution in [0.2, 0.25) is 0 Å². The largest absolute Gasteiger partial charge is 0.493 e. The number of benzene rings is 1. The predicted octanol–water partition coefficient (Wildman–Crippen LogP) is 2.59. The van der Waals surface area contributed by atoms with Gasteiger partial charge in [0.25, 0.3) is 0 Å². The first-order chi connectivity index (χ1) is 9.15. The van der Waals surface area contributed by atoms with E-state index in [0.717, 1.165) is 25.1 Å². The standard InChI is InChI=1S/C15H24N2O2/c1-3-12(4-2)11-17-15(18)9-10-19-14-7-5-13(16)6-8-14/h5-8,12H,3-4,9-11,16H2,1-2H3,(H,17,18). The average Bonchev–Trinajstić information content (AvgIpc) is 2.42. The molecule has 0 fully saturated rings. The minimum atomic E-state index is 0.0438. The van der Waals surface area contributed by atoms with Gasteiger partial charge in [-0.2, -0.15) is 0 Å². The lowest BCUT2D eigenvalue weighted by atomic mass is 10.0. The van der Waals surface area contributed by atoms with Crippen molar-refractivity contribution in [3.63, 3.8) is 0 Å². The van der Waals surface area contributed by atoms with Crippen molar-refractivity contribution >= 4 is 11.6 Å². The minimum absolute atomic E-state index is 0.0438. The zero-order valence-electron chi connectivity index (χ0n) is 11.8. The van der Waals surface area contributed by atoms with E-state index in [1.165, 1.54) is 0 Å². The number of ether oxygens (including phenoxy) is 1. The van der Waals surface area contributed by atoms with Crippen LogP contribution in [0.1, 0.15) is 33.1 Å². The van der Waals surface area contributed by atoms with E-state index < -0.39 is 0 Å². The molecule has 0 aliphatic heterocycles. The Morgan fingerprint density at radius 1 is 1.26 bits per heavy atom. The third-order valence-electron chi connectivity index (χ3n) is 3.22. The summed E-state index contributed by atoms with van der Waals surface area (Å²) < 4.78 is 5.47. The number of anilines is 1. The van der Waals surface area contributed by atoms with Crippen molar-refractivity contribution in [2.24, 2.45) is 5.92 Å². The molecule has 3 N–H and O–H groups in total. The number of rotatable bonds is 8. The van der Waals surface area contributed by atoms with Crippen LogP contribution in [0, 0.1) is 5.92 Å². The zero-order valence-corrected chi connectivity index (χ0v) is 11.8. The number of nitrogens with one attached hydrogen (secondary N) is 1. The van der Waals surface area contributed by atoms with Crippen LogP contribution in [0.5, 0.6) is 5.75 Å². The van der Waals surface area contributed by atoms with Crippen LogP contribution in [0.3, 0.4) is 0 Å². The molecule has 0 bridgehead atoms. The summed E-state index contributed by atoms with van der Waals surface area (Å²) in [6.45, 7) is 5.43. The molecular weight excluding hydrogens is 240 g/mol. The maximum Gasteiger partial charge on any atom is 0.223 e. The van der Waals surface area contributed by atoms with Crippen molar-refractivity contribution in [1.29, 1.82) is 0 Å². The number of nitrogen functional groups attached to an aromatic ring is 1. The van der Waals surface area contributed by atoms with Gasteiger partial charge >= 0.3 is 0 Å². The molecule has 19 heavy (non-hydrogen) atoms. The van der Waals surface area contributed by atoms with E-state index in [1.807, 2.05) is 0 Å². The Labute approximate surface area is 115 Å². The summed E-state index contributed by atoms with van der Waals surface area (Å²) in [5, 5.41) is 2.94. The molecule has 1 aromatic rings. The maximum absolute atomic E-state index is 11.6. The molecule has 0 saturated heterocycles. The second kappa shape index (κ2) is 8.40. The highest BCUT2D eigenvalue weighted by Crippen LogP contribution is 2.13. The van der Waals surface area contributed by atoms with Crippen LogP contribution in [0.25, 0.3) is 0 Å². The summed E-state index contributed by atoms with van der Waals surface area (Å²) in [5.74, 6) is 1.35. The summed E-state index contributed by atoms with van der Waals surface area (Å²) in [5.41, 5.74) is 6.28. The van der Waals surface area contributed by atoms with Gasteiger partial charge in [0.15, 0.2) is 0 Å². The Kier molecular flexibility index (Phi) is 6.79. The lowest BCUT2D eigenvalue weighted by Gasteiger charge is -2.13. The van der Waals surface area contributed by atoms with Crippen LogP contribution >= 0.6 is 0 Å². The van der Waals surface area contributed by atoms with E-state index in [1.54, 1.807) is 24.3 Å². The normalized spacial score (nSPS) is 10.5. The van der Waals surface area contributed by atoms with Crippen LogP contribution in [-0.2, 0) is 4.79 Å². The Hall–Kier alpha value is -1.71. The molecule has 0 radical (unpaired) electrons. The van der Waals surface area contributed by atoms with E-state index in [2.05, 4.69) is 19.2 Å². The highest BCUT2D eigenvalue weighted by molar-refractivity contribution is 5.75. The molecule has 0 saturated carbocycles. The van der Waals surface area contributed by atoms with Crippen molar-refractivity contribution in [3.8, 4) is 5.75 Å². The second-order valence-corrected chi connectivity index (χ2v) is 4.65. The molecule has 106 valence electrons. The van der Waals surface area contributed by atoms with Gasteiger partial charge in [-0.3, -0.25) is 4.79 Å². The third kappa shape index (κ3) is 6.13. The first-order valence-electron chi connectivity index (χ1n) is 6.90. The van der Waals surface area contributed by atoms with Crippen LogP contribution in [-0.4, -0.2) is 19.1 Å². The number of nitrogens with two attached hydrogens (primary N) is 1. The molecule has 4 heteroatoms. The van der Waals surface area contributed by atoms with Gasteiger partial charge in [-0.15, -0.1) is 0 Å². The fourth-order valence-electron chi connectivity index (χ4n) is 1.75. The monoisotopic (exact) mass is 264 g/mol. The molecule has 4 nitrogen and oxygen atoms in total. The van der Waals surface area contributed by atoms with Crippen LogP contribution in [0.15, 0.2) is 24.3 Å². The number of amides is 1. The average molecular weight is 264 g/mol. The van der Waals surface area contributed by atoms with Crippen molar-refractivity contribution in [3.05, 3.63) is 24.3 Å². The predicted molar refractivity (Wildman–Crippen MR) is 78.0 cm³/mol. The summed E-state index contributed by atoms with van der Waals surface area (Å²) in [6.07, 6.45) is 2.57. The Morgan fingerprint density at radius 3 is 2.47 bits per heavy atom. The van der Waals surface area contributed by atoms with Gasteiger partial charge in [0, 0.05) is 12.2 Å². The minimum Gasteiger partial charge on any atom is -0.493 e. The molecule has 0 spiro atoms. The quantitative estimate of drug-likeness (QED) is 0.709.